The first kappa shape index (κ1) is 15.7. The highest BCUT2D eigenvalue weighted by atomic mass is 32.2. The van der Waals surface area contributed by atoms with Crippen LogP contribution >= 0.6 is 0 Å². The molecular weight excluding hydrogens is 268 g/mol. The normalized spacial score (nSPS) is 12.0. The Balaban J connectivity index is 2.92. The lowest BCUT2D eigenvalue weighted by atomic mass is 10.1. The number of aromatic nitrogens is 1. The van der Waals surface area contributed by atoms with Crippen LogP contribution in [0.3, 0.4) is 0 Å². The van der Waals surface area contributed by atoms with Gasteiger partial charge in [-0.15, -0.1) is 0 Å². The molecule has 2 N–H and O–H groups in total. The SMILES string of the molecule is CCn1cc(S(=O)(=O)NCCC(C)C)cc1C(=O)O. The number of nitrogens with one attached hydrogen (secondary N) is 1. The Morgan fingerprint density at radius 1 is 1.47 bits per heavy atom. The van der Waals surface area contributed by atoms with Gasteiger partial charge in [-0.05, 0) is 25.3 Å². The second-order valence-corrected chi connectivity index (χ2v) is 6.50. The predicted octanol–water partition coefficient (Wildman–Crippen LogP) is 1.53. The van der Waals surface area contributed by atoms with Crippen LogP contribution in [0.15, 0.2) is 17.2 Å². The molecule has 1 aromatic rings. The van der Waals surface area contributed by atoms with Gasteiger partial charge in [0.1, 0.15) is 10.6 Å². The largest absolute Gasteiger partial charge is 0.477 e. The topological polar surface area (TPSA) is 88.4 Å². The van der Waals surface area contributed by atoms with Crippen LogP contribution < -0.4 is 4.72 Å². The van der Waals surface area contributed by atoms with Crippen molar-refractivity contribution in [2.75, 3.05) is 6.54 Å². The Morgan fingerprint density at radius 3 is 2.53 bits per heavy atom. The monoisotopic (exact) mass is 288 g/mol. The molecule has 0 radical (unpaired) electrons. The van der Waals surface area contributed by atoms with Crippen molar-refractivity contribution in [3.8, 4) is 0 Å². The van der Waals surface area contributed by atoms with Crippen molar-refractivity contribution in [1.29, 1.82) is 0 Å². The molecule has 0 spiro atoms. The average Bonchev–Trinajstić information content (AvgIpc) is 2.72. The number of sulfonamides is 1. The molecule has 0 saturated carbocycles. The molecule has 19 heavy (non-hydrogen) atoms. The minimum Gasteiger partial charge on any atom is -0.477 e. The van der Waals surface area contributed by atoms with Crippen LogP contribution in [0.25, 0.3) is 0 Å². The number of rotatable bonds is 7. The molecule has 0 unspecified atom stereocenters. The van der Waals surface area contributed by atoms with Gasteiger partial charge in [-0.25, -0.2) is 17.9 Å². The molecule has 0 aromatic carbocycles. The highest BCUT2D eigenvalue weighted by molar-refractivity contribution is 7.89. The summed E-state index contributed by atoms with van der Waals surface area (Å²) in [6.07, 6.45) is 2.08. The van der Waals surface area contributed by atoms with Crippen molar-refractivity contribution in [2.24, 2.45) is 5.92 Å². The third-order valence-electron chi connectivity index (χ3n) is 2.76. The molecule has 7 heteroatoms. The zero-order valence-electron chi connectivity index (χ0n) is 11.4. The molecule has 6 nitrogen and oxygen atoms in total. The lowest BCUT2D eigenvalue weighted by molar-refractivity contribution is 0.0685. The van der Waals surface area contributed by atoms with Crippen LogP contribution in [0, 0.1) is 5.92 Å². The Morgan fingerprint density at radius 2 is 2.11 bits per heavy atom. The van der Waals surface area contributed by atoms with Crippen molar-refractivity contribution in [2.45, 2.75) is 38.6 Å². The van der Waals surface area contributed by atoms with Crippen LogP contribution in [0.4, 0.5) is 0 Å². The van der Waals surface area contributed by atoms with Gasteiger partial charge < -0.3 is 9.67 Å². The van der Waals surface area contributed by atoms with Gasteiger partial charge in [0.05, 0.1) is 0 Å². The summed E-state index contributed by atoms with van der Waals surface area (Å²) < 4.78 is 27.9. The van der Waals surface area contributed by atoms with E-state index in [0.717, 1.165) is 6.42 Å². The van der Waals surface area contributed by atoms with Gasteiger partial charge >= 0.3 is 5.97 Å². The van der Waals surface area contributed by atoms with Crippen LogP contribution in [0.1, 0.15) is 37.7 Å². The van der Waals surface area contributed by atoms with Crippen molar-refractivity contribution < 1.29 is 18.3 Å². The Bertz CT molecular complexity index is 546. The molecule has 0 aliphatic rings. The summed E-state index contributed by atoms with van der Waals surface area (Å²) >= 11 is 0. The highest BCUT2D eigenvalue weighted by Gasteiger charge is 2.20. The Labute approximate surface area is 113 Å². The van der Waals surface area contributed by atoms with Crippen molar-refractivity contribution in [3.63, 3.8) is 0 Å². The van der Waals surface area contributed by atoms with E-state index >= 15 is 0 Å². The molecule has 0 aliphatic heterocycles. The van der Waals surface area contributed by atoms with Crippen molar-refractivity contribution >= 4 is 16.0 Å². The van der Waals surface area contributed by atoms with Crippen LogP contribution in [-0.4, -0.2) is 30.6 Å². The smallest absolute Gasteiger partial charge is 0.352 e. The molecule has 0 aliphatic carbocycles. The first-order valence-corrected chi connectivity index (χ1v) is 7.69. The summed E-state index contributed by atoms with van der Waals surface area (Å²) in [6.45, 7) is 6.52. The van der Waals surface area contributed by atoms with E-state index in [4.69, 9.17) is 5.11 Å². The van der Waals surface area contributed by atoms with Gasteiger partial charge in [0, 0.05) is 19.3 Å². The van der Waals surface area contributed by atoms with Crippen LogP contribution in [0.2, 0.25) is 0 Å². The van der Waals surface area contributed by atoms with E-state index in [2.05, 4.69) is 4.72 Å². The minimum atomic E-state index is -3.64. The highest BCUT2D eigenvalue weighted by Crippen LogP contribution is 2.15. The number of nitrogens with zero attached hydrogens (tertiary/aromatic N) is 1. The second-order valence-electron chi connectivity index (χ2n) is 4.73. The third kappa shape index (κ3) is 4.07. The number of aryl methyl sites for hydroxylation is 1. The fraction of sp³-hybridized carbons (Fsp3) is 0.583. The summed E-state index contributed by atoms with van der Waals surface area (Å²) in [5.74, 6) is -0.733. The van der Waals surface area contributed by atoms with E-state index < -0.39 is 16.0 Å². The first-order chi connectivity index (χ1) is 8.77. The number of carbonyl (C=O) groups is 1. The van der Waals surface area contributed by atoms with Crippen molar-refractivity contribution in [1.82, 2.24) is 9.29 Å². The van der Waals surface area contributed by atoms with E-state index in [1.54, 1.807) is 6.92 Å². The molecule has 108 valence electrons. The molecule has 1 rings (SSSR count). The number of hydrogen-bond acceptors (Lipinski definition) is 3. The van der Waals surface area contributed by atoms with Gasteiger partial charge in [0.2, 0.25) is 10.0 Å². The molecule has 1 aromatic heterocycles. The van der Waals surface area contributed by atoms with Gasteiger partial charge in [0.15, 0.2) is 0 Å². The second kappa shape index (κ2) is 6.21. The Kier molecular flexibility index (Phi) is 5.13. The lowest BCUT2D eigenvalue weighted by Gasteiger charge is -2.06. The standard InChI is InChI=1S/C12H20N2O4S/c1-4-14-8-10(7-11(14)12(15)16)19(17,18)13-6-5-9(2)3/h7-9,13H,4-6H2,1-3H3,(H,15,16). The lowest BCUT2D eigenvalue weighted by Crippen LogP contribution is -2.25. The number of carboxylic acids is 1. The van der Waals surface area contributed by atoms with E-state index in [0.29, 0.717) is 19.0 Å². The summed E-state index contributed by atoms with van der Waals surface area (Å²) in [7, 11) is -3.64. The molecule has 0 bridgehead atoms. The maximum Gasteiger partial charge on any atom is 0.352 e. The molecule has 0 atom stereocenters. The van der Waals surface area contributed by atoms with E-state index in [9.17, 15) is 13.2 Å². The fourth-order valence-electron chi connectivity index (χ4n) is 1.64. The minimum absolute atomic E-state index is 0.00416. The van der Waals surface area contributed by atoms with Crippen LogP contribution in [0.5, 0.6) is 0 Å². The molecule has 0 amide bonds. The quantitative estimate of drug-likeness (QED) is 0.796. The summed E-state index contributed by atoms with van der Waals surface area (Å²) in [6, 6.07) is 1.18. The predicted molar refractivity (Wildman–Crippen MR) is 71.7 cm³/mol. The average molecular weight is 288 g/mol. The first-order valence-electron chi connectivity index (χ1n) is 6.21. The number of hydrogen-bond donors (Lipinski definition) is 2. The molecule has 0 saturated heterocycles. The molecule has 1 heterocycles. The summed E-state index contributed by atoms with van der Waals surface area (Å²) in [5.41, 5.74) is -0.0215. The fourth-order valence-corrected chi connectivity index (χ4v) is 2.72. The van der Waals surface area contributed by atoms with E-state index in [1.165, 1.54) is 16.8 Å². The van der Waals surface area contributed by atoms with Gasteiger partial charge in [-0.2, -0.15) is 0 Å². The van der Waals surface area contributed by atoms with Gasteiger partial charge in [0.25, 0.3) is 0 Å². The number of carboxylic acid groups (broad SMARTS) is 1. The summed E-state index contributed by atoms with van der Waals surface area (Å²) in [4.78, 5) is 11.0. The third-order valence-corrected chi connectivity index (χ3v) is 4.18. The Hall–Kier alpha value is -1.34. The van der Waals surface area contributed by atoms with Gasteiger partial charge in [-0.3, -0.25) is 0 Å². The van der Waals surface area contributed by atoms with Crippen LogP contribution in [-0.2, 0) is 16.6 Å². The van der Waals surface area contributed by atoms with Gasteiger partial charge in [-0.1, -0.05) is 13.8 Å². The van der Waals surface area contributed by atoms with E-state index in [-0.39, 0.29) is 10.6 Å². The molecular formula is C12H20N2O4S. The maximum absolute atomic E-state index is 12.0. The number of aromatic carboxylic acids is 1. The summed E-state index contributed by atoms with van der Waals surface area (Å²) in [5, 5.41) is 8.99. The zero-order valence-corrected chi connectivity index (χ0v) is 12.2. The van der Waals surface area contributed by atoms with Crippen molar-refractivity contribution in [3.05, 3.63) is 18.0 Å². The maximum atomic E-state index is 12.0. The van der Waals surface area contributed by atoms with E-state index in [1.807, 2.05) is 13.8 Å². The zero-order chi connectivity index (χ0) is 14.6. The molecule has 0 fully saturated rings.